The van der Waals surface area contributed by atoms with Gasteiger partial charge in [-0.05, 0) is 44.4 Å². The van der Waals surface area contributed by atoms with Gasteiger partial charge < -0.3 is 4.57 Å². The molecule has 18 heavy (non-hydrogen) atoms. The van der Waals surface area contributed by atoms with Gasteiger partial charge in [-0.3, -0.25) is 4.79 Å². The first-order valence-electron chi connectivity index (χ1n) is 7.09. The molecule has 3 heteroatoms. The van der Waals surface area contributed by atoms with Crippen molar-refractivity contribution >= 4 is 17.5 Å². The van der Waals surface area contributed by atoms with Gasteiger partial charge in [-0.1, -0.05) is 6.42 Å². The first kappa shape index (κ1) is 12.3. The summed E-state index contributed by atoms with van der Waals surface area (Å²) in [5, 5.41) is 0.756. The van der Waals surface area contributed by atoms with Gasteiger partial charge in [0.2, 0.25) is 0 Å². The molecule has 0 spiro atoms. The van der Waals surface area contributed by atoms with Crippen molar-refractivity contribution in [3.05, 3.63) is 23.0 Å². The molecule has 3 rings (SSSR count). The smallest absolute Gasteiger partial charge is 0.164 e. The van der Waals surface area contributed by atoms with Crippen LogP contribution in [0.15, 0.2) is 6.07 Å². The highest BCUT2D eigenvalue weighted by molar-refractivity contribution is 7.99. The van der Waals surface area contributed by atoms with Gasteiger partial charge in [0.25, 0.3) is 0 Å². The highest BCUT2D eigenvalue weighted by Crippen LogP contribution is 2.30. The summed E-state index contributed by atoms with van der Waals surface area (Å²) in [5.41, 5.74) is 3.61. The van der Waals surface area contributed by atoms with Crippen molar-refractivity contribution in [3.63, 3.8) is 0 Å². The van der Waals surface area contributed by atoms with E-state index in [2.05, 4.69) is 29.3 Å². The minimum absolute atomic E-state index is 0.356. The molecule has 2 heterocycles. The summed E-state index contributed by atoms with van der Waals surface area (Å²) in [6, 6.07) is 2.12. The number of thioether (sulfide) groups is 1. The van der Waals surface area contributed by atoms with E-state index < -0.39 is 0 Å². The Hall–Kier alpha value is -0.700. The zero-order valence-corrected chi connectivity index (χ0v) is 11.9. The van der Waals surface area contributed by atoms with E-state index in [1.807, 2.05) is 0 Å². The Labute approximate surface area is 113 Å². The van der Waals surface area contributed by atoms with Crippen LogP contribution in [0.5, 0.6) is 0 Å². The summed E-state index contributed by atoms with van der Waals surface area (Å²) >= 11 is 2.12. The Morgan fingerprint density at radius 1 is 1.33 bits per heavy atom. The lowest BCUT2D eigenvalue weighted by Crippen LogP contribution is -2.21. The van der Waals surface area contributed by atoms with Crippen LogP contribution in [0.4, 0.5) is 0 Å². The molecular weight excluding hydrogens is 242 g/mol. The number of ketones is 1. The lowest BCUT2D eigenvalue weighted by atomic mass is 9.96. The van der Waals surface area contributed by atoms with Crippen molar-refractivity contribution in [2.24, 2.45) is 0 Å². The maximum Gasteiger partial charge on any atom is 0.164 e. The van der Waals surface area contributed by atoms with Gasteiger partial charge in [-0.25, -0.2) is 0 Å². The van der Waals surface area contributed by atoms with Crippen LogP contribution in [0.1, 0.15) is 53.8 Å². The number of rotatable bonds is 2. The number of nitrogens with zero attached hydrogens (tertiary/aromatic N) is 1. The summed E-state index contributed by atoms with van der Waals surface area (Å²) < 4.78 is 2.43. The molecule has 98 valence electrons. The molecular formula is C15H21NOS. The molecule has 0 N–H and O–H groups in total. The van der Waals surface area contributed by atoms with Crippen LogP contribution in [0.3, 0.4) is 0 Å². The van der Waals surface area contributed by atoms with Gasteiger partial charge in [0, 0.05) is 35.2 Å². The molecule has 1 aromatic rings. The second-order valence-corrected chi connectivity index (χ2v) is 6.93. The van der Waals surface area contributed by atoms with Crippen LogP contribution >= 0.6 is 11.8 Å². The first-order valence-corrected chi connectivity index (χ1v) is 8.14. The fourth-order valence-electron chi connectivity index (χ4n) is 3.20. The van der Waals surface area contributed by atoms with E-state index in [0.717, 1.165) is 36.6 Å². The quantitative estimate of drug-likeness (QED) is 0.813. The molecule has 2 nitrogen and oxygen atoms in total. The third kappa shape index (κ3) is 2.25. The Bertz CT molecular complexity index is 457. The third-order valence-electron chi connectivity index (χ3n) is 4.19. The van der Waals surface area contributed by atoms with E-state index in [1.165, 1.54) is 36.4 Å². The predicted molar refractivity (Wildman–Crippen MR) is 76.5 cm³/mol. The van der Waals surface area contributed by atoms with E-state index in [0.29, 0.717) is 5.78 Å². The zero-order chi connectivity index (χ0) is 12.5. The van der Waals surface area contributed by atoms with Crippen molar-refractivity contribution in [2.45, 2.75) is 57.2 Å². The van der Waals surface area contributed by atoms with Gasteiger partial charge in [-0.2, -0.15) is 11.8 Å². The minimum Gasteiger partial charge on any atom is -0.347 e. The van der Waals surface area contributed by atoms with Gasteiger partial charge in [0.05, 0.1) is 0 Å². The van der Waals surface area contributed by atoms with E-state index in [4.69, 9.17) is 0 Å². The fourth-order valence-corrected chi connectivity index (χ4v) is 4.49. The monoisotopic (exact) mass is 263 g/mol. The number of hydrogen-bond donors (Lipinski definition) is 0. The molecule has 0 aromatic carbocycles. The van der Waals surface area contributed by atoms with Gasteiger partial charge in [0.15, 0.2) is 5.78 Å². The Kier molecular flexibility index (Phi) is 3.51. The molecule has 1 saturated heterocycles. The Morgan fingerprint density at radius 2 is 2.22 bits per heavy atom. The second-order valence-electron chi connectivity index (χ2n) is 5.52. The van der Waals surface area contributed by atoms with Crippen LogP contribution in [0.2, 0.25) is 0 Å². The third-order valence-corrected chi connectivity index (χ3v) is 5.57. The average Bonchev–Trinajstić information content (AvgIpc) is 2.70. The summed E-state index contributed by atoms with van der Waals surface area (Å²) in [6.45, 7) is 3.26. The van der Waals surface area contributed by atoms with Gasteiger partial charge >= 0.3 is 0 Å². The topological polar surface area (TPSA) is 22.0 Å². The molecule has 0 radical (unpaired) electrons. The molecule has 0 saturated carbocycles. The fraction of sp³-hybridized carbons (Fsp3) is 0.667. The lowest BCUT2D eigenvalue weighted by molar-refractivity contribution is 0.0971. The predicted octanol–water partition coefficient (Wildman–Crippen LogP) is 3.60. The number of aromatic nitrogens is 1. The summed E-state index contributed by atoms with van der Waals surface area (Å²) in [6.07, 6.45) is 6.96. The van der Waals surface area contributed by atoms with E-state index in [1.54, 1.807) is 0 Å². The van der Waals surface area contributed by atoms with Crippen molar-refractivity contribution in [3.8, 4) is 0 Å². The standard InChI is InChI=1S/C15H21NOS/c1-11-9-13-14(6-4-7-15(13)17)16(11)10-12-5-2-3-8-18-12/h9,12H,2-8,10H2,1H3. The Morgan fingerprint density at radius 3 is 3.00 bits per heavy atom. The van der Waals surface area contributed by atoms with Crippen LogP contribution < -0.4 is 0 Å². The molecule has 1 aliphatic heterocycles. The largest absolute Gasteiger partial charge is 0.347 e. The summed E-state index contributed by atoms with van der Waals surface area (Å²) in [5.74, 6) is 1.67. The number of Topliss-reactive ketones (excluding diaryl/α,β-unsaturated/α-hetero) is 1. The maximum atomic E-state index is 11.9. The first-order chi connectivity index (χ1) is 8.75. The number of carbonyl (C=O) groups is 1. The number of aryl methyl sites for hydroxylation is 1. The van der Waals surface area contributed by atoms with Gasteiger partial charge in [-0.15, -0.1) is 0 Å². The highest BCUT2D eigenvalue weighted by atomic mass is 32.2. The molecule has 1 aromatic heterocycles. The second kappa shape index (κ2) is 5.12. The zero-order valence-electron chi connectivity index (χ0n) is 11.1. The molecule has 2 aliphatic rings. The average molecular weight is 263 g/mol. The number of hydrogen-bond acceptors (Lipinski definition) is 2. The maximum absolute atomic E-state index is 11.9. The van der Waals surface area contributed by atoms with Gasteiger partial charge in [0.1, 0.15) is 0 Å². The Balaban J connectivity index is 1.85. The molecule has 0 bridgehead atoms. The van der Waals surface area contributed by atoms with Crippen molar-refractivity contribution in [1.82, 2.24) is 4.57 Å². The normalized spacial score (nSPS) is 24.1. The van der Waals surface area contributed by atoms with E-state index in [9.17, 15) is 4.79 Å². The van der Waals surface area contributed by atoms with Crippen molar-refractivity contribution in [1.29, 1.82) is 0 Å². The number of carbonyl (C=O) groups excluding carboxylic acids is 1. The van der Waals surface area contributed by atoms with Crippen LogP contribution in [-0.4, -0.2) is 21.4 Å². The molecule has 1 atom stereocenters. The highest BCUT2D eigenvalue weighted by Gasteiger charge is 2.24. The number of fused-ring (bicyclic) bond motifs is 1. The van der Waals surface area contributed by atoms with E-state index in [-0.39, 0.29) is 0 Å². The van der Waals surface area contributed by atoms with E-state index >= 15 is 0 Å². The van der Waals surface area contributed by atoms with Crippen molar-refractivity contribution in [2.75, 3.05) is 5.75 Å². The van der Waals surface area contributed by atoms with Crippen LogP contribution in [0.25, 0.3) is 0 Å². The molecule has 1 unspecified atom stereocenters. The lowest BCUT2D eigenvalue weighted by Gasteiger charge is -2.24. The molecule has 1 aliphatic carbocycles. The molecule has 0 amide bonds. The minimum atomic E-state index is 0.356. The van der Waals surface area contributed by atoms with Crippen LogP contribution in [0, 0.1) is 6.92 Å². The summed E-state index contributed by atoms with van der Waals surface area (Å²) in [4.78, 5) is 11.9. The van der Waals surface area contributed by atoms with Crippen molar-refractivity contribution < 1.29 is 4.79 Å². The molecule has 1 fully saturated rings. The SMILES string of the molecule is Cc1cc2c(n1CC1CCCCS1)CCCC2=O. The van der Waals surface area contributed by atoms with Crippen LogP contribution in [-0.2, 0) is 13.0 Å². The summed E-state index contributed by atoms with van der Waals surface area (Å²) in [7, 11) is 0.